The maximum atomic E-state index is 12.4. The minimum atomic E-state index is -0.163. The normalized spacial score (nSPS) is 18.9. The van der Waals surface area contributed by atoms with E-state index in [1.807, 2.05) is 25.8 Å². The second-order valence-corrected chi connectivity index (χ2v) is 6.28. The monoisotopic (exact) mass is 252 g/mol. The second-order valence-electron chi connectivity index (χ2n) is 6.28. The van der Waals surface area contributed by atoms with Crippen molar-refractivity contribution < 1.29 is 9.59 Å². The highest BCUT2D eigenvalue weighted by Gasteiger charge is 2.36. The van der Waals surface area contributed by atoms with Gasteiger partial charge in [0.25, 0.3) is 5.91 Å². The molecule has 18 heavy (non-hydrogen) atoms. The van der Waals surface area contributed by atoms with E-state index in [4.69, 9.17) is 0 Å². The number of likely N-dealkylation sites (N-methyl/N-ethyl adjacent to an activating group) is 2. The first-order valence-corrected chi connectivity index (χ1v) is 6.34. The van der Waals surface area contributed by atoms with Crippen LogP contribution in [0.4, 0.5) is 0 Å². The van der Waals surface area contributed by atoms with Gasteiger partial charge in [-0.25, -0.2) is 0 Å². The van der Waals surface area contributed by atoms with Gasteiger partial charge >= 0.3 is 0 Å². The Bertz CT molecular complexity index is 403. The minimum Gasteiger partial charge on any atom is -0.368 e. The van der Waals surface area contributed by atoms with Gasteiger partial charge in [-0.15, -0.1) is 0 Å². The number of hydrogen-bond acceptors (Lipinski definition) is 3. The van der Waals surface area contributed by atoms with E-state index in [2.05, 4.69) is 20.8 Å². The first-order chi connectivity index (χ1) is 8.07. The molecule has 0 radical (unpaired) electrons. The summed E-state index contributed by atoms with van der Waals surface area (Å²) in [5.41, 5.74) is 1.56. The average molecular weight is 252 g/mol. The summed E-state index contributed by atoms with van der Waals surface area (Å²) in [5.74, 6) is -0.216. The molecule has 1 heterocycles. The highest BCUT2D eigenvalue weighted by Crippen LogP contribution is 2.35. The lowest BCUT2D eigenvalue weighted by atomic mass is 9.84. The molecule has 1 aliphatic rings. The second kappa shape index (κ2) is 4.75. The summed E-state index contributed by atoms with van der Waals surface area (Å²) < 4.78 is 0. The summed E-state index contributed by atoms with van der Waals surface area (Å²) in [6, 6.07) is 0. The number of allylic oxidation sites excluding steroid dienone is 1. The van der Waals surface area contributed by atoms with Crippen LogP contribution in [-0.2, 0) is 9.59 Å². The number of rotatable bonds is 1. The third-order valence-corrected chi connectivity index (χ3v) is 3.21. The van der Waals surface area contributed by atoms with E-state index in [0.29, 0.717) is 0 Å². The van der Waals surface area contributed by atoms with Gasteiger partial charge in [-0.2, -0.15) is 0 Å². The molecular formula is C14H24N2O2. The largest absolute Gasteiger partial charge is 0.368 e. The van der Waals surface area contributed by atoms with Crippen molar-refractivity contribution in [1.82, 2.24) is 9.80 Å². The molecule has 1 aliphatic heterocycles. The van der Waals surface area contributed by atoms with Crippen molar-refractivity contribution in [2.45, 2.75) is 34.6 Å². The highest BCUT2D eigenvalue weighted by atomic mass is 16.2. The fourth-order valence-electron chi connectivity index (χ4n) is 2.49. The standard InChI is InChI=1S/C14H24N2O2/c1-9(2)11-12(14(3,4)5)15(6)8-10(17)16(7)13(11)18/h9H,8H2,1-7H3. The van der Waals surface area contributed by atoms with Crippen LogP contribution in [0.5, 0.6) is 0 Å². The fraction of sp³-hybridized carbons (Fsp3) is 0.714. The van der Waals surface area contributed by atoms with Crippen LogP contribution in [0.2, 0.25) is 0 Å². The molecule has 0 unspecified atom stereocenters. The Hall–Kier alpha value is -1.32. The molecule has 102 valence electrons. The Morgan fingerprint density at radius 3 is 2.00 bits per heavy atom. The maximum absolute atomic E-state index is 12.4. The lowest BCUT2D eigenvalue weighted by Crippen LogP contribution is -2.37. The van der Waals surface area contributed by atoms with E-state index < -0.39 is 0 Å². The van der Waals surface area contributed by atoms with Gasteiger partial charge in [-0.3, -0.25) is 14.5 Å². The van der Waals surface area contributed by atoms with Crippen LogP contribution >= 0.6 is 0 Å². The molecule has 2 amide bonds. The summed E-state index contributed by atoms with van der Waals surface area (Å²) in [4.78, 5) is 27.5. The molecule has 0 saturated heterocycles. The zero-order valence-corrected chi connectivity index (χ0v) is 12.5. The molecule has 1 rings (SSSR count). The van der Waals surface area contributed by atoms with E-state index >= 15 is 0 Å². The summed E-state index contributed by atoms with van der Waals surface area (Å²) in [6.45, 7) is 10.5. The van der Waals surface area contributed by atoms with Crippen LogP contribution in [0.15, 0.2) is 11.3 Å². The van der Waals surface area contributed by atoms with Crippen molar-refractivity contribution in [3.8, 4) is 0 Å². The van der Waals surface area contributed by atoms with Crippen molar-refractivity contribution >= 4 is 11.8 Å². The Balaban J connectivity index is 3.49. The molecule has 4 heteroatoms. The van der Waals surface area contributed by atoms with E-state index in [9.17, 15) is 9.59 Å². The zero-order chi connectivity index (χ0) is 14.2. The van der Waals surface area contributed by atoms with Crippen molar-refractivity contribution in [3.63, 3.8) is 0 Å². The van der Waals surface area contributed by atoms with Gasteiger partial charge in [0.2, 0.25) is 5.91 Å². The lowest BCUT2D eigenvalue weighted by Gasteiger charge is -2.33. The maximum Gasteiger partial charge on any atom is 0.258 e. The quantitative estimate of drug-likeness (QED) is 0.669. The number of nitrogens with zero attached hydrogens (tertiary/aromatic N) is 2. The summed E-state index contributed by atoms with van der Waals surface area (Å²) in [7, 11) is 3.44. The fourth-order valence-corrected chi connectivity index (χ4v) is 2.49. The number of amides is 2. The van der Waals surface area contributed by atoms with E-state index in [0.717, 1.165) is 11.3 Å². The van der Waals surface area contributed by atoms with Crippen molar-refractivity contribution in [1.29, 1.82) is 0 Å². The molecule has 0 saturated carbocycles. The van der Waals surface area contributed by atoms with E-state index in [-0.39, 0.29) is 29.7 Å². The predicted molar refractivity (Wildman–Crippen MR) is 71.7 cm³/mol. The topological polar surface area (TPSA) is 40.6 Å². The van der Waals surface area contributed by atoms with Gasteiger partial charge in [0.05, 0.1) is 6.54 Å². The number of carbonyl (C=O) groups is 2. The SMILES string of the molecule is CC(C)C1=C(C(C)(C)C)N(C)CC(=O)N(C)C1=O. The van der Waals surface area contributed by atoms with Crippen LogP contribution in [0.1, 0.15) is 34.6 Å². The van der Waals surface area contributed by atoms with Crippen LogP contribution in [0, 0.1) is 11.3 Å². The van der Waals surface area contributed by atoms with Gasteiger partial charge in [-0.1, -0.05) is 34.6 Å². The molecule has 4 nitrogen and oxygen atoms in total. The van der Waals surface area contributed by atoms with Gasteiger partial charge in [-0.05, 0) is 5.92 Å². The molecule has 0 spiro atoms. The van der Waals surface area contributed by atoms with Crippen molar-refractivity contribution in [2.75, 3.05) is 20.6 Å². The third kappa shape index (κ3) is 2.57. The van der Waals surface area contributed by atoms with Gasteiger partial charge in [0, 0.05) is 30.8 Å². The Morgan fingerprint density at radius 2 is 1.61 bits per heavy atom. The molecule has 0 aromatic rings. The Kier molecular flexibility index (Phi) is 3.89. The molecule has 0 aromatic carbocycles. The molecule has 0 bridgehead atoms. The molecule has 0 atom stereocenters. The summed E-state index contributed by atoms with van der Waals surface area (Å²) in [5, 5.41) is 0. The number of hydrogen-bond donors (Lipinski definition) is 0. The van der Waals surface area contributed by atoms with Gasteiger partial charge < -0.3 is 4.90 Å². The first kappa shape index (κ1) is 14.7. The van der Waals surface area contributed by atoms with Crippen LogP contribution in [0.25, 0.3) is 0 Å². The highest BCUT2D eigenvalue weighted by molar-refractivity contribution is 6.06. The smallest absolute Gasteiger partial charge is 0.258 e. The molecule has 0 N–H and O–H groups in total. The van der Waals surface area contributed by atoms with Crippen molar-refractivity contribution in [3.05, 3.63) is 11.3 Å². The zero-order valence-electron chi connectivity index (χ0n) is 12.5. The third-order valence-electron chi connectivity index (χ3n) is 3.21. The van der Waals surface area contributed by atoms with E-state index in [1.165, 1.54) is 4.90 Å². The van der Waals surface area contributed by atoms with Gasteiger partial charge in [0.1, 0.15) is 0 Å². The Labute approximate surface area is 110 Å². The molecule has 0 aliphatic carbocycles. The van der Waals surface area contributed by atoms with E-state index in [1.54, 1.807) is 7.05 Å². The van der Waals surface area contributed by atoms with Crippen LogP contribution < -0.4 is 0 Å². The minimum absolute atomic E-state index is 0.0996. The van der Waals surface area contributed by atoms with Crippen LogP contribution in [0.3, 0.4) is 0 Å². The summed E-state index contributed by atoms with van der Waals surface area (Å²) >= 11 is 0. The summed E-state index contributed by atoms with van der Waals surface area (Å²) in [6.07, 6.45) is 0. The van der Waals surface area contributed by atoms with Crippen molar-refractivity contribution in [2.24, 2.45) is 11.3 Å². The molecule has 0 aromatic heterocycles. The predicted octanol–water partition coefficient (Wildman–Crippen LogP) is 1.87. The first-order valence-electron chi connectivity index (χ1n) is 6.34. The number of carbonyl (C=O) groups excluding carboxylic acids is 2. The molecular weight excluding hydrogens is 228 g/mol. The number of imide groups is 1. The lowest BCUT2D eigenvalue weighted by molar-refractivity contribution is -0.140. The van der Waals surface area contributed by atoms with Crippen LogP contribution in [-0.4, -0.2) is 42.3 Å². The molecule has 0 fully saturated rings. The Morgan fingerprint density at radius 1 is 1.11 bits per heavy atom. The van der Waals surface area contributed by atoms with Gasteiger partial charge in [0.15, 0.2) is 0 Å². The average Bonchev–Trinajstić information content (AvgIpc) is 2.27.